The minimum atomic E-state index is -0.515. The molecule has 0 amide bonds. The first-order chi connectivity index (χ1) is 32.7. The van der Waals surface area contributed by atoms with Crippen LogP contribution in [-0.4, -0.2) is 0 Å². The van der Waals surface area contributed by atoms with Crippen molar-refractivity contribution in [2.45, 2.75) is 5.41 Å². The van der Waals surface area contributed by atoms with Crippen LogP contribution in [0.2, 0.25) is 0 Å². The lowest BCUT2D eigenvalue weighted by Crippen LogP contribution is -2.28. The van der Waals surface area contributed by atoms with Crippen LogP contribution < -0.4 is 4.90 Å². The first kappa shape index (κ1) is 39.1. The van der Waals surface area contributed by atoms with E-state index in [9.17, 15) is 0 Å². The first-order valence-electron chi connectivity index (χ1n) is 22.8. The Kier molecular flexibility index (Phi) is 9.81. The van der Waals surface area contributed by atoms with Crippen LogP contribution >= 0.6 is 0 Å². The molecule has 0 bridgehead atoms. The molecule has 0 atom stereocenters. The molecule has 0 aromatic heterocycles. The Hall–Kier alpha value is -8.52. The fourth-order valence-electron chi connectivity index (χ4n) is 10.4. The summed E-state index contributed by atoms with van der Waals surface area (Å²) in [6, 6.07) is 100. The van der Waals surface area contributed by atoms with E-state index in [1.54, 1.807) is 0 Å². The predicted molar refractivity (Wildman–Crippen MR) is 278 cm³/mol. The van der Waals surface area contributed by atoms with Crippen LogP contribution in [0.25, 0.3) is 66.4 Å². The summed E-state index contributed by atoms with van der Waals surface area (Å²) < 4.78 is 0. The van der Waals surface area contributed by atoms with Gasteiger partial charge in [0.05, 0.1) is 11.1 Å². The zero-order valence-corrected chi connectivity index (χ0v) is 36.4. The Bertz CT molecular complexity index is 3460. The molecule has 0 aliphatic heterocycles. The zero-order chi connectivity index (χ0) is 43.9. The van der Waals surface area contributed by atoms with E-state index in [1.165, 1.54) is 83.1 Å². The number of benzene rings is 11. The third kappa shape index (κ3) is 6.73. The van der Waals surface area contributed by atoms with E-state index in [2.05, 4.69) is 278 Å². The summed E-state index contributed by atoms with van der Waals surface area (Å²) in [5, 5.41) is 2.50. The Morgan fingerprint density at radius 1 is 0.258 bits per heavy atom. The maximum atomic E-state index is 2.47. The molecule has 1 aliphatic rings. The molecular formula is C65H45N. The fourth-order valence-corrected chi connectivity index (χ4v) is 10.4. The van der Waals surface area contributed by atoms with E-state index in [0.717, 1.165) is 22.6 Å². The molecule has 0 saturated heterocycles. The van der Waals surface area contributed by atoms with Crippen molar-refractivity contribution in [3.05, 3.63) is 295 Å². The zero-order valence-electron chi connectivity index (χ0n) is 36.4. The van der Waals surface area contributed by atoms with Crippen molar-refractivity contribution in [1.29, 1.82) is 0 Å². The molecule has 1 heteroatoms. The van der Waals surface area contributed by atoms with Gasteiger partial charge >= 0.3 is 0 Å². The minimum absolute atomic E-state index is 0.515. The van der Waals surface area contributed by atoms with Crippen molar-refractivity contribution in [2.75, 3.05) is 4.90 Å². The number of hydrogen-bond donors (Lipinski definition) is 0. The average molecular weight is 840 g/mol. The highest BCUT2D eigenvalue weighted by Crippen LogP contribution is 2.59. The molecule has 0 unspecified atom stereocenters. The molecule has 0 saturated carbocycles. The van der Waals surface area contributed by atoms with Gasteiger partial charge in [0.2, 0.25) is 0 Å². The number of hydrogen-bond acceptors (Lipinski definition) is 1. The molecule has 11 aromatic carbocycles. The van der Waals surface area contributed by atoms with E-state index in [0.29, 0.717) is 0 Å². The van der Waals surface area contributed by atoms with E-state index >= 15 is 0 Å². The van der Waals surface area contributed by atoms with E-state index in [1.807, 2.05) is 0 Å². The Morgan fingerprint density at radius 2 is 0.712 bits per heavy atom. The summed E-state index contributed by atoms with van der Waals surface area (Å²) in [5.41, 5.74) is 19.9. The van der Waals surface area contributed by atoms with Crippen LogP contribution in [-0.2, 0) is 5.41 Å². The number of rotatable bonds is 9. The molecule has 310 valence electrons. The lowest BCUT2D eigenvalue weighted by atomic mass is 9.68. The second kappa shape index (κ2) is 16.6. The SMILES string of the molecule is c1ccc(-c2cccc(-c3ccc(N(c4cccc(-c5ccc(-c6ccc7ccccc7c6)cc5)c4)c4cccc5c4-c4ccccc4C5(c4ccccc4)c4ccccc4)cc3)c2)cc1. The molecule has 11 aromatic rings. The van der Waals surface area contributed by atoms with Crippen LogP contribution in [0.3, 0.4) is 0 Å². The number of fused-ring (bicyclic) bond motifs is 4. The normalized spacial score (nSPS) is 12.4. The standard InChI is InChI=1S/C65H45N/c1-4-17-46(18-5-1)52-21-14-22-53(43-52)50-39-41-58(42-40-50)66(59-28-15-23-54(45-59)48-33-35-49(36-34-48)55-38-37-47-19-10-11-20-51(47)44-55)63-32-16-31-62-64(63)60-29-12-13-30-61(60)65(62,56-24-6-2-7-25-56)57-26-8-3-9-27-57/h1-45H. The second-order valence-electron chi connectivity index (χ2n) is 17.2. The van der Waals surface area contributed by atoms with Crippen molar-refractivity contribution in [2.24, 2.45) is 0 Å². The summed E-state index contributed by atoms with van der Waals surface area (Å²) in [5.74, 6) is 0. The maximum absolute atomic E-state index is 2.47. The highest BCUT2D eigenvalue weighted by atomic mass is 15.1. The maximum Gasteiger partial charge on any atom is 0.0714 e. The summed E-state index contributed by atoms with van der Waals surface area (Å²) >= 11 is 0. The minimum Gasteiger partial charge on any atom is -0.310 e. The van der Waals surface area contributed by atoms with Gasteiger partial charge in [0.15, 0.2) is 0 Å². The third-order valence-electron chi connectivity index (χ3n) is 13.5. The fraction of sp³-hybridized carbons (Fsp3) is 0.0154. The lowest BCUT2D eigenvalue weighted by molar-refractivity contribution is 0.768. The number of anilines is 3. The highest BCUT2D eigenvalue weighted by Gasteiger charge is 2.47. The van der Waals surface area contributed by atoms with E-state index < -0.39 is 5.41 Å². The molecule has 12 rings (SSSR count). The van der Waals surface area contributed by atoms with Crippen molar-refractivity contribution < 1.29 is 0 Å². The first-order valence-corrected chi connectivity index (χ1v) is 22.8. The lowest BCUT2D eigenvalue weighted by Gasteiger charge is -2.34. The molecule has 1 aliphatic carbocycles. The largest absolute Gasteiger partial charge is 0.310 e. The van der Waals surface area contributed by atoms with Gasteiger partial charge in [-0.2, -0.15) is 0 Å². The Labute approximate surface area is 387 Å². The molecule has 0 spiro atoms. The van der Waals surface area contributed by atoms with Crippen LogP contribution in [0, 0.1) is 0 Å². The predicted octanol–water partition coefficient (Wildman–Crippen LogP) is 17.3. The summed E-state index contributed by atoms with van der Waals surface area (Å²) in [6.07, 6.45) is 0. The molecule has 1 nitrogen and oxygen atoms in total. The van der Waals surface area contributed by atoms with Gasteiger partial charge in [0.1, 0.15) is 0 Å². The van der Waals surface area contributed by atoms with Gasteiger partial charge in [0.25, 0.3) is 0 Å². The van der Waals surface area contributed by atoms with Gasteiger partial charge in [0, 0.05) is 16.9 Å². The van der Waals surface area contributed by atoms with Gasteiger partial charge < -0.3 is 4.90 Å². The third-order valence-corrected chi connectivity index (χ3v) is 13.5. The van der Waals surface area contributed by atoms with Gasteiger partial charge in [-0.3, -0.25) is 0 Å². The van der Waals surface area contributed by atoms with E-state index in [-0.39, 0.29) is 0 Å². The van der Waals surface area contributed by atoms with Crippen LogP contribution in [0.15, 0.2) is 273 Å². The highest BCUT2D eigenvalue weighted by molar-refractivity contribution is 5.98. The van der Waals surface area contributed by atoms with Gasteiger partial charge in [-0.15, -0.1) is 0 Å². The smallest absolute Gasteiger partial charge is 0.0714 e. The van der Waals surface area contributed by atoms with Crippen LogP contribution in [0.5, 0.6) is 0 Å². The monoisotopic (exact) mass is 839 g/mol. The van der Waals surface area contributed by atoms with Gasteiger partial charge in [-0.25, -0.2) is 0 Å². The van der Waals surface area contributed by atoms with Crippen molar-refractivity contribution in [3.8, 4) is 55.6 Å². The van der Waals surface area contributed by atoms with Crippen LogP contribution in [0.1, 0.15) is 22.3 Å². The topological polar surface area (TPSA) is 3.24 Å². The van der Waals surface area contributed by atoms with Crippen molar-refractivity contribution in [3.63, 3.8) is 0 Å². The average Bonchev–Trinajstić information content (AvgIpc) is 3.71. The Morgan fingerprint density at radius 3 is 1.38 bits per heavy atom. The van der Waals surface area contributed by atoms with E-state index in [4.69, 9.17) is 0 Å². The number of nitrogens with zero attached hydrogens (tertiary/aromatic N) is 1. The molecule has 0 fully saturated rings. The molecular weight excluding hydrogens is 795 g/mol. The van der Waals surface area contributed by atoms with Crippen molar-refractivity contribution >= 4 is 27.8 Å². The molecule has 0 radical (unpaired) electrons. The van der Waals surface area contributed by atoms with Crippen LogP contribution in [0.4, 0.5) is 17.1 Å². The second-order valence-corrected chi connectivity index (χ2v) is 17.2. The molecule has 0 N–H and O–H groups in total. The summed E-state index contributed by atoms with van der Waals surface area (Å²) in [4.78, 5) is 2.47. The van der Waals surface area contributed by atoms with Gasteiger partial charge in [-0.05, 0) is 126 Å². The summed E-state index contributed by atoms with van der Waals surface area (Å²) in [6.45, 7) is 0. The van der Waals surface area contributed by atoms with Gasteiger partial charge in [-0.1, -0.05) is 231 Å². The Balaban J connectivity index is 1.02. The molecule has 0 heterocycles. The molecule has 66 heavy (non-hydrogen) atoms. The summed E-state index contributed by atoms with van der Waals surface area (Å²) in [7, 11) is 0. The quantitative estimate of drug-likeness (QED) is 0.140. The van der Waals surface area contributed by atoms with Crippen molar-refractivity contribution in [1.82, 2.24) is 0 Å².